The van der Waals surface area contributed by atoms with Crippen molar-refractivity contribution >= 4 is 11.4 Å². The second kappa shape index (κ2) is 4.32. The molecule has 2 aromatic rings. The summed E-state index contributed by atoms with van der Waals surface area (Å²) in [4.78, 5) is 3.90. The first kappa shape index (κ1) is 9.33. The van der Waals surface area contributed by atoms with Crippen LogP contribution in [-0.2, 0) is 0 Å². The summed E-state index contributed by atoms with van der Waals surface area (Å²) in [5.41, 5.74) is 7.37. The number of pyridine rings is 1. The number of aromatic hydroxyl groups is 1. The Bertz CT molecular complexity index is 431. The van der Waals surface area contributed by atoms with Crippen molar-refractivity contribution in [2.75, 3.05) is 10.9 Å². The van der Waals surface area contributed by atoms with Crippen molar-refractivity contribution in [3.05, 3.63) is 48.8 Å². The first-order chi connectivity index (χ1) is 7.36. The summed E-state index contributed by atoms with van der Waals surface area (Å²) in [5.74, 6) is 0.207. The Morgan fingerprint density at radius 3 is 2.40 bits per heavy atom. The lowest BCUT2D eigenvalue weighted by atomic mass is 10.3. The summed E-state index contributed by atoms with van der Waals surface area (Å²) in [6.07, 6.45) is 3.38. The summed E-state index contributed by atoms with van der Waals surface area (Å²) in [6, 6.07) is 10.7. The zero-order valence-electron chi connectivity index (χ0n) is 8.01. The third-order valence-electron chi connectivity index (χ3n) is 1.93. The molecular weight excluding hydrogens is 190 g/mol. The van der Waals surface area contributed by atoms with Crippen molar-refractivity contribution in [2.24, 2.45) is 0 Å². The van der Waals surface area contributed by atoms with Crippen LogP contribution in [0.5, 0.6) is 5.75 Å². The van der Waals surface area contributed by atoms with Crippen LogP contribution in [0.2, 0.25) is 0 Å². The zero-order valence-corrected chi connectivity index (χ0v) is 8.01. The predicted octanol–water partition coefficient (Wildman–Crippen LogP) is 2.23. The van der Waals surface area contributed by atoms with Gasteiger partial charge in [0, 0.05) is 12.4 Å². The van der Waals surface area contributed by atoms with E-state index in [9.17, 15) is 5.11 Å². The minimum Gasteiger partial charge on any atom is -0.506 e. The molecule has 4 heteroatoms. The Morgan fingerprint density at radius 2 is 1.67 bits per heavy atom. The molecule has 0 atom stereocenters. The summed E-state index contributed by atoms with van der Waals surface area (Å²) in [5, 5.41) is 9.47. The van der Waals surface area contributed by atoms with E-state index in [-0.39, 0.29) is 5.75 Å². The molecule has 0 saturated carbocycles. The number of para-hydroxylation sites is 2. The molecule has 0 spiro atoms. The summed E-state index contributed by atoms with van der Waals surface area (Å²) in [7, 11) is 0. The fourth-order valence-electron chi connectivity index (χ4n) is 1.15. The number of anilines is 2. The third kappa shape index (κ3) is 2.37. The van der Waals surface area contributed by atoms with Gasteiger partial charge in [0.15, 0.2) is 0 Å². The highest BCUT2D eigenvalue weighted by Crippen LogP contribution is 2.21. The Balaban J connectivity index is 2.03. The average molecular weight is 201 g/mol. The molecule has 0 fully saturated rings. The summed E-state index contributed by atoms with van der Waals surface area (Å²) < 4.78 is 0. The molecule has 0 bridgehead atoms. The number of hydrazine groups is 1. The highest BCUT2D eigenvalue weighted by Gasteiger charge is 1.97. The van der Waals surface area contributed by atoms with Gasteiger partial charge in [0.1, 0.15) is 5.75 Å². The first-order valence-corrected chi connectivity index (χ1v) is 4.56. The van der Waals surface area contributed by atoms with Crippen LogP contribution in [-0.4, -0.2) is 10.1 Å². The van der Waals surface area contributed by atoms with Crippen LogP contribution in [0.1, 0.15) is 0 Å². The Kier molecular flexibility index (Phi) is 2.69. The van der Waals surface area contributed by atoms with E-state index in [0.717, 1.165) is 5.69 Å². The van der Waals surface area contributed by atoms with E-state index >= 15 is 0 Å². The molecule has 0 unspecified atom stereocenters. The molecule has 1 heterocycles. The van der Waals surface area contributed by atoms with Crippen molar-refractivity contribution in [2.45, 2.75) is 0 Å². The molecule has 3 N–H and O–H groups in total. The molecule has 15 heavy (non-hydrogen) atoms. The first-order valence-electron chi connectivity index (χ1n) is 4.56. The molecule has 4 nitrogen and oxygen atoms in total. The molecule has 1 aromatic carbocycles. The van der Waals surface area contributed by atoms with E-state index in [4.69, 9.17) is 0 Å². The number of nitrogens with zero attached hydrogens (tertiary/aromatic N) is 1. The SMILES string of the molecule is Oc1ccccc1NNc1ccncc1. The van der Waals surface area contributed by atoms with E-state index in [1.165, 1.54) is 0 Å². The molecule has 1 aromatic heterocycles. The maximum Gasteiger partial charge on any atom is 0.140 e. The van der Waals surface area contributed by atoms with Gasteiger partial charge in [0.05, 0.1) is 11.4 Å². The van der Waals surface area contributed by atoms with Gasteiger partial charge in [-0.25, -0.2) is 0 Å². The lowest BCUT2D eigenvalue weighted by molar-refractivity contribution is 0.477. The fraction of sp³-hybridized carbons (Fsp3) is 0. The van der Waals surface area contributed by atoms with Gasteiger partial charge in [0.2, 0.25) is 0 Å². The van der Waals surface area contributed by atoms with Crippen molar-refractivity contribution < 1.29 is 5.11 Å². The Labute approximate surface area is 87.6 Å². The molecule has 0 aliphatic carbocycles. The number of hydrogen-bond donors (Lipinski definition) is 3. The van der Waals surface area contributed by atoms with Gasteiger partial charge >= 0.3 is 0 Å². The monoisotopic (exact) mass is 201 g/mol. The van der Waals surface area contributed by atoms with E-state index in [0.29, 0.717) is 5.69 Å². The normalized spacial score (nSPS) is 9.60. The fourth-order valence-corrected chi connectivity index (χ4v) is 1.15. The standard InChI is InChI=1S/C11H11N3O/c15-11-4-2-1-3-10(11)14-13-9-5-7-12-8-6-9/h1-8,14-15H,(H,12,13). The van der Waals surface area contributed by atoms with Gasteiger partial charge in [-0.05, 0) is 24.3 Å². The van der Waals surface area contributed by atoms with Gasteiger partial charge < -0.3 is 10.5 Å². The highest BCUT2D eigenvalue weighted by molar-refractivity contribution is 5.59. The van der Waals surface area contributed by atoms with Crippen LogP contribution in [0.15, 0.2) is 48.8 Å². The van der Waals surface area contributed by atoms with Crippen LogP contribution < -0.4 is 10.9 Å². The van der Waals surface area contributed by atoms with Crippen LogP contribution in [0.25, 0.3) is 0 Å². The molecule has 0 aliphatic rings. The smallest absolute Gasteiger partial charge is 0.140 e. The van der Waals surface area contributed by atoms with Crippen molar-refractivity contribution in [1.29, 1.82) is 0 Å². The molecule has 2 rings (SSSR count). The Morgan fingerprint density at radius 1 is 0.933 bits per heavy atom. The van der Waals surface area contributed by atoms with E-state index in [1.54, 1.807) is 30.6 Å². The summed E-state index contributed by atoms with van der Waals surface area (Å²) >= 11 is 0. The predicted molar refractivity (Wildman–Crippen MR) is 59.6 cm³/mol. The van der Waals surface area contributed by atoms with Gasteiger partial charge in [-0.2, -0.15) is 0 Å². The lowest BCUT2D eigenvalue weighted by Crippen LogP contribution is -2.08. The molecule has 0 aliphatic heterocycles. The van der Waals surface area contributed by atoms with Crippen molar-refractivity contribution in [1.82, 2.24) is 4.98 Å². The third-order valence-corrected chi connectivity index (χ3v) is 1.93. The molecule has 76 valence electrons. The number of hydrogen-bond acceptors (Lipinski definition) is 4. The minimum atomic E-state index is 0.207. The van der Waals surface area contributed by atoms with Gasteiger partial charge in [-0.3, -0.25) is 10.4 Å². The van der Waals surface area contributed by atoms with E-state index < -0.39 is 0 Å². The maximum atomic E-state index is 9.47. The van der Waals surface area contributed by atoms with Crippen LogP contribution in [0, 0.1) is 0 Å². The number of nitrogens with one attached hydrogen (secondary N) is 2. The number of benzene rings is 1. The highest BCUT2D eigenvalue weighted by atomic mass is 16.3. The minimum absolute atomic E-state index is 0.207. The molecule has 0 amide bonds. The van der Waals surface area contributed by atoms with Crippen molar-refractivity contribution in [3.8, 4) is 5.75 Å². The number of aromatic nitrogens is 1. The average Bonchev–Trinajstić information content (AvgIpc) is 2.29. The largest absolute Gasteiger partial charge is 0.506 e. The lowest BCUT2D eigenvalue weighted by Gasteiger charge is -2.10. The molecule has 0 radical (unpaired) electrons. The van der Waals surface area contributed by atoms with E-state index in [1.807, 2.05) is 18.2 Å². The quantitative estimate of drug-likeness (QED) is 0.526. The van der Waals surface area contributed by atoms with Crippen LogP contribution in [0.4, 0.5) is 11.4 Å². The topological polar surface area (TPSA) is 57.2 Å². The van der Waals surface area contributed by atoms with Gasteiger partial charge in [-0.1, -0.05) is 12.1 Å². The van der Waals surface area contributed by atoms with Gasteiger partial charge in [0.25, 0.3) is 0 Å². The number of phenolic OH excluding ortho intramolecular Hbond substituents is 1. The molecule has 0 saturated heterocycles. The zero-order chi connectivity index (χ0) is 10.5. The van der Waals surface area contributed by atoms with Crippen LogP contribution in [0.3, 0.4) is 0 Å². The number of phenols is 1. The second-order valence-electron chi connectivity index (χ2n) is 3.00. The second-order valence-corrected chi connectivity index (χ2v) is 3.00. The number of rotatable bonds is 3. The molecular formula is C11H11N3O. The Hall–Kier alpha value is -2.23. The maximum absolute atomic E-state index is 9.47. The van der Waals surface area contributed by atoms with Gasteiger partial charge in [-0.15, -0.1) is 0 Å². The van der Waals surface area contributed by atoms with Crippen LogP contribution >= 0.6 is 0 Å². The van der Waals surface area contributed by atoms with Crippen molar-refractivity contribution in [3.63, 3.8) is 0 Å². The van der Waals surface area contributed by atoms with E-state index in [2.05, 4.69) is 15.8 Å². The summed E-state index contributed by atoms with van der Waals surface area (Å²) in [6.45, 7) is 0.